The summed E-state index contributed by atoms with van der Waals surface area (Å²) in [5.74, 6) is 0.443. The van der Waals surface area contributed by atoms with Gasteiger partial charge in [0.25, 0.3) is 0 Å². The van der Waals surface area contributed by atoms with E-state index in [-0.39, 0.29) is 23.3 Å². The lowest BCUT2D eigenvalue weighted by molar-refractivity contribution is 0.0859. The molecule has 0 spiro atoms. The van der Waals surface area contributed by atoms with E-state index >= 15 is 0 Å². The zero-order valence-corrected chi connectivity index (χ0v) is 18.2. The maximum absolute atomic E-state index is 12.2. The van der Waals surface area contributed by atoms with E-state index in [1.54, 1.807) is 0 Å². The van der Waals surface area contributed by atoms with Gasteiger partial charge in [0.2, 0.25) is 0 Å². The van der Waals surface area contributed by atoms with Crippen molar-refractivity contribution in [2.75, 3.05) is 0 Å². The first-order chi connectivity index (χ1) is 12.1. The molecule has 1 aromatic carbocycles. The molecule has 1 amide bonds. The first-order valence-corrected chi connectivity index (χ1v) is 12.6. The molecule has 5 heteroatoms. The van der Waals surface area contributed by atoms with Gasteiger partial charge in [0, 0.05) is 12.1 Å². The summed E-state index contributed by atoms with van der Waals surface area (Å²) in [5, 5.41) is 3.27. The number of hydrogen-bond donors (Lipinski definition) is 1. The van der Waals surface area contributed by atoms with Gasteiger partial charge in [-0.3, -0.25) is 0 Å². The fourth-order valence-corrected chi connectivity index (χ4v) is 4.50. The molecule has 26 heavy (non-hydrogen) atoms. The van der Waals surface area contributed by atoms with Crippen molar-refractivity contribution in [1.82, 2.24) is 5.32 Å². The number of carbonyl (C=O) groups excluding carboxylic acids is 1. The van der Waals surface area contributed by atoms with Crippen LogP contribution in [0.5, 0.6) is 0 Å². The second-order valence-electron chi connectivity index (χ2n) is 9.10. The Balaban J connectivity index is 1.86. The summed E-state index contributed by atoms with van der Waals surface area (Å²) in [6, 6.07) is 9.88. The van der Waals surface area contributed by atoms with Crippen molar-refractivity contribution in [3.63, 3.8) is 0 Å². The van der Waals surface area contributed by atoms with Crippen LogP contribution in [0.3, 0.4) is 0 Å². The maximum atomic E-state index is 12.2. The highest BCUT2D eigenvalue weighted by Crippen LogP contribution is 2.39. The molecule has 2 rings (SSSR count). The predicted octanol–water partition coefficient (Wildman–Crippen LogP) is 5.49. The molecule has 146 valence electrons. The highest BCUT2D eigenvalue weighted by molar-refractivity contribution is 6.74. The van der Waals surface area contributed by atoms with E-state index in [4.69, 9.17) is 9.16 Å². The van der Waals surface area contributed by atoms with Crippen molar-refractivity contribution in [3.8, 4) is 0 Å². The number of nitrogens with one attached hydrogen (secondary N) is 1. The van der Waals surface area contributed by atoms with Gasteiger partial charge >= 0.3 is 6.09 Å². The minimum absolute atomic E-state index is 0.113. The summed E-state index contributed by atoms with van der Waals surface area (Å²) in [4.78, 5) is 12.2. The van der Waals surface area contributed by atoms with Gasteiger partial charge in [0.15, 0.2) is 8.32 Å². The molecule has 0 bridgehead atoms. The molecule has 1 fully saturated rings. The normalized spacial score (nSPS) is 24.2. The van der Waals surface area contributed by atoms with Gasteiger partial charge in [-0.05, 0) is 48.9 Å². The summed E-state index contributed by atoms with van der Waals surface area (Å²) in [6.45, 7) is 13.9. The second kappa shape index (κ2) is 8.57. The molecule has 1 unspecified atom stereocenters. The van der Waals surface area contributed by atoms with Crippen molar-refractivity contribution >= 4 is 14.4 Å². The van der Waals surface area contributed by atoms with Gasteiger partial charge < -0.3 is 14.5 Å². The minimum Gasteiger partial charge on any atom is -0.445 e. The summed E-state index contributed by atoms with van der Waals surface area (Å²) in [7, 11) is -1.79. The fraction of sp³-hybridized carbons (Fsp3) is 0.667. The van der Waals surface area contributed by atoms with Gasteiger partial charge in [-0.1, -0.05) is 58.0 Å². The number of carbonyl (C=O) groups is 1. The zero-order chi connectivity index (χ0) is 19.4. The number of hydrogen-bond acceptors (Lipinski definition) is 3. The van der Waals surface area contributed by atoms with E-state index in [1.165, 1.54) is 0 Å². The van der Waals surface area contributed by atoms with Crippen LogP contribution in [-0.4, -0.2) is 26.6 Å². The molecule has 0 saturated heterocycles. The van der Waals surface area contributed by atoms with Gasteiger partial charge in [0.05, 0.1) is 0 Å². The van der Waals surface area contributed by atoms with Crippen molar-refractivity contribution in [2.45, 2.75) is 83.8 Å². The molecule has 4 nitrogen and oxygen atoms in total. The molecule has 1 aliphatic rings. The van der Waals surface area contributed by atoms with E-state index in [1.807, 2.05) is 30.3 Å². The van der Waals surface area contributed by atoms with Crippen LogP contribution in [0, 0.1) is 5.92 Å². The van der Waals surface area contributed by atoms with Crippen molar-refractivity contribution in [1.29, 1.82) is 0 Å². The molecule has 0 heterocycles. The molecule has 1 N–H and O–H groups in total. The third-order valence-corrected chi connectivity index (χ3v) is 10.5. The lowest BCUT2D eigenvalue weighted by Gasteiger charge is -2.43. The Bertz CT molecular complexity index is 583. The first kappa shape index (κ1) is 21.0. The van der Waals surface area contributed by atoms with E-state index < -0.39 is 8.32 Å². The second-order valence-corrected chi connectivity index (χ2v) is 13.9. The highest BCUT2D eigenvalue weighted by Gasteiger charge is 2.41. The zero-order valence-electron chi connectivity index (χ0n) is 17.2. The van der Waals surface area contributed by atoms with Gasteiger partial charge in [-0.2, -0.15) is 0 Å². The number of benzene rings is 1. The third kappa shape index (κ3) is 5.85. The van der Waals surface area contributed by atoms with Gasteiger partial charge in [-0.25, -0.2) is 4.79 Å². The molecule has 1 aliphatic carbocycles. The Morgan fingerprint density at radius 3 is 2.46 bits per heavy atom. The standard InChI is InChI=1S/C21H35NO3Si/c1-16-12-13-18(25-26(5,6)21(2,3)4)14-19(16)22-20(23)24-15-17-10-8-7-9-11-17/h7-11,16,18-19H,12-15H2,1-6H3,(H,22,23)/t16-,18?,19-/m0/s1. The van der Waals surface area contributed by atoms with E-state index in [9.17, 15) is 4.79 Å². The maximum Gasteiger partial charge on any atom is 0.407 e. The Kier molecular flexibility index (Phi) is 6.91. The van der Waals surface area contributed by atoms with Crippen molar-refractivity contribution < 1.29 is 14.0 Å². The third-order valence-electron chi connectivity index (χ3n) is 5.93. The van der Waals surface area contributed by atoms with Gasteiger partial charge in [0.1, 0.15) is 6.61 Å². The summed E-state index contributed by atoms with van der Waals surface area (Å²) in [6.07, 6.45) is 2.91. The largest absolute Gasteiger partial charge is 0.445 e. The summed E-state index contributed by atoms with van der Waals surface area (Å²) in [5.41, 5.74) is 0.999. The van der Waals surface area contributed by atoms with E-state index in [0.717, 1.165) is 24.8 Å². The van der Waals surface area contributed by atoms with E-state index in [2.05, 4.69) is 46.1 Å². The Morgan fingerprint density at radius 2 is 1.85 bits per heavy atom. The first-order valence-electron chi connectivity index (χ1n) is 9.73. The van der Waals surface area contributed by atoms with Gasteiger partial charge in [-0.15, -0.1) is 0 Å². The predicted molar refractivity (Wildman–Crippen MR) is 109 cm³/mol. The number of amides is 1. The highest BCUT2D eigenvalue weighted by atomic mass is 28.4. The molecule has 0 aliphatic heterocycles. The van der Waals surface area contributed by atoms with Crippen LogP contribution in [0.2, 0.25) is 18.1 Å². The molecule has 1 aromatic rings. The molecule has 1 saturated carbocycles. The summed E-state index contributed by atoms with van der Waals surface area (Å²) < 4.78 is 12.0. The topological polar surface area (TPSA) is 47.6 Å². The lowest BCUT2D eigenvalue weighted by Crippen LogP contribution is -2.49. The molecule has 3 atom stereocenters. The monoisotopic (exact) mass is 377 g/mol. The average molecular weight is 378 g/mol. The molecular weight excluding hydrogens is 342 g/mol. The average Bonchev–Trinajstić information content (AvgIpc) is 2.56. The SMILES string of the molecule is C[C@H]1CCC(O[Si](C)(C)C(C)(C)C)C[C@@H]1NC(=O)OCc1ccccc1. The van der Waals surface area contributed by atoms with Crippen LogP contribution in [-0.2, 0) is 15.8 Å². The number of rotatable bonds is 5. The van der Waals surface area contributed by atoms with Crippen LogP contribution in [0.25, 0.3) is 0 Å². The number of ether oxygens (including phenoxy) is 1. The Morgan fingerprint density at radius 1 is 1.19 bits per heavy atom. The quantitative estimate of drug-likeness (QED) is 0.690. The van der Waals surface area contributed by atoms with Crippen molar-refractivity contribution in [2.24, 2.45) is 5.92 Å². The smallest absolute Gasteiger partial charge is 0.407 e. The fourth-order valence-electron chi connectivity index (χ4n) is 3.10. The lowest BCUT2D eigenvalue weighted by atomic mass is 9.84. The van der Waals surface area contributed by atoms with Crippen LogP contribution in [0.15, 0.2) is 30.3 Å². The van der Waals surface area contributed by atoms with E-state index in [0.29, 0.717) is 12.5 Å². The van der Waals surface area contributed by atoms with Crippen molar-refractivity contribution in [3.05, 3.63) is 35.9 Å². The summed E-state index contributed by atoms with van der Waals surface area (Å²) >= 11 is 0. The Hall–Kier alpha value is -1.33. The molecule has 0 aromatic heterocycles. The molecular formula is C21H35NO3Si. The van der Waals surface area contributed by atoms with Crippen LogP contribution in [0.1, 0.15) is 52.5 Å². The van der Waals surface area contributed by atoms with Crippen LogP contribution < -0.4 is 5.32 Å². The van der Waals surface area contributed by atoms with Crippen LogP contribution >= 0.6 is 0 Å². The molecule has 0 radical (unpaired) electrons. The number of alkyl carbamates (subject to hydrolysis) is 1. The minimum atomic E-state index is -1.79. The van der Waals surface area contributed by atoms with Crippen LogP contribution in [0.4, 0.5) is 4.79 Å². The Labute approximate surface area is 159 Å².